The Morgan fingerprint density at radius 3 is 2.57 bits per heavy atom. The van der Waals surface area contributed by atoms with Gasteiger partial charge in [0, 0.05) is 6.26 Å². The van der Waals surface area contributed by atoms with E-state index in [9.17, 15) is 8.42 Å². The monoisotopic (exact) mass is 209 g/mol. The smallest absolute Gasteiger partial charge is 0.175 e. The second-order valence-electron chi connectivity index (χ2n) is 2.67. The Bertz CT molecular complexity index is 514. The van der Waals surface area contributed by atoms with E-state index in [1.54, 1.807) is 6.07 Å². The fourth-order valence-corrected chi connectivity index (χ4v) is 1.58. The van der Waals surface area contributed by atoms with Crippen LogP contribution in [-0.4, -0.2) is 14.7 Å². The maximum atomic E-state index is 11.1. The largest absolute Gasteiger partial charge is 0.224 e. The summed E-state index contributed by atoms with van der Waals surface area (Å²) in [6, 6.07) is 5.65. The van der Waals surface area contributed by atoms with Crippen LogP contribution in [0.2, 0.25) is 0 Å². The first kappa shape index (κ1) is 10.3. The molecular weight excluding hydrogens is 202 g/mol. The molecule has 1 aromatic carbocycles. The van der Waals surface area contributed by atoms with E-state index in [1.807, 2.05) is 0 Å². The third kappa shape index (κ3) is 1.95. The van der Waals surface area contributed by atoms with Crippen molar-refractivity contribution in [3.8, 4) is 6.07 Å². The lowest BCUT2D eigenvalue weighted by Gasteiger charge is -1.99. The van der Waals surface area contributed by atoms with Gasteiger partial charge in [-0.3, -0.25) is 0 Å². The van der Waals surface area contributed by atoms with Crippen molar-refractivity contribution in [2.45, 2.75) is 4.90 Å². The lowest BCUT2D eigenvalue weighted by molar-refractivity contribution is 0.602. The predicted molar refractivity (Wildman–Crippen MR) is 49.1 cm³/mol. The van der Waals surface area contributed by atoms with Gasteiger partial charge in [0.2, 0.25) is 0 Å². The third-order valence-electron chi connectivity index (χ3n) is 1.64. The summed E-state index contributed by atoms with van der Waals surface area (Å²) in [5.74, 6) is 0. The number of hydrogen-bond donors (Lipinski definition) is 1. The van der Waals surface area contributed by atoms with Crippen LogP contribution < -0.4 is 0 Å². The summed E-state index contributed by atoms with van der Waals surface area (Å²) in [5.41, 5.74) is 6.99. The molecule has 0 unspecified atom stereocenters. The van der Waals surface area contributed by atoms with Crippen molar-refractivity contribution in [3.63, 3.8) is 0 Å². The molecule has 0 radical (unpaired) electrons. The molecule has 0 saturated carbocycles. The van der Waals surface area contributed by atoms with Crippen LogP contribution in [0.4, 0.5) is 5.69 Å². The average Bonchev–Trinajstić information content (AvgIpc) is 2.15. The van der Waals surface area contributed by atoms with E-state index < -0.39 is 9.84 Å². The van der Waals surface area contributed by atoms with Gasteiger partial charge < -0.3 is 0 Å². The molecule has 0 heterocycles. The van der Waals surface area contributed by atoms with Gasteiger partial charge in [0.25, 0.3) is 0 Å². The van der Waals surface area contributed by atoms with E-state index >= 15 is 0 Å². The Morgan fingerprint density at radius 1 is 1.50 bits per heavy atom. The molecule has 0 aliphatic heterocycles. The minimum absolute atomic E-state index is 0.0569. The van der Waals surface area contributed by atoms with E-state index in [1.165, 1.54) is 18.2 Å². The zero-order valence-corrected chi connectivity index (χ0v) is 8.17. The number of benzene rings is 1. The molecule has 14 heavy (non-hydrogen) atoms. The number of hydrogen-bond acceptors (Lipinski definition) is 5. The molecule has 0 bridgehead atoms. The van der Waals surface area contributed by atoms with E-state index in [0.29, 0.717) is 0 Å². The zero-order chi connectivity index (χ0) is 10.8. The van der Waals surface area contributed by atoms with E-state index in [-0.39, 0.29) is 16.1 Å². The summed E-state index contributed by atoms with van der Waals surface area (Å²) in [6.07, 6.45) is 1.06. The van der Waals surface area contributed by atoms with E-state index in [4.69, 9.17) is 10.8 Å². The first-order chi connectivity index (χ1) is 6.49. The molecule has 0 aliphatic carbocycles. The summed E-state index contributed by atoms with van der Waals surface area (Å²) in [5, 5.41) is 11.7. The van der Waals surface area contributed by atoms with Crippen molar-refractivity contribution >= 4 is 15.5 Å². The lowest BCUT2D eigenvalue weighted by Crippen LogP contribution is -1.97. The summed E-state index contributed by atoms with van der Waals surface area (Å²) in [4.78, 5) is 0.0569. The van der Waals surface area contributed by atoms with Crippen molar-refractivity contribution in [2.75, 3.05) is 6.26 Å². The van der Waals surface area contributed by atoms with Crippen LogP contribution >= 0.6 is 0 Å². The van der Waals surface area contributed by atoms with Crippen molar-refractivity contribution < 1.29 is 8.42 Å². The topological polar surface area (TPSA) is 94.1 Å². The first-order valence-electron chi connectivity index (χ1n) is 3.60. The fraction of sp³-hybridized carbons (Fsp3) is 0.125. The molecule has 0 aliphatic rings. The van der Waals surface area contributed by atoms with Gasteiger partial charge in [-0.25, -0.2) is 13.9 Å². The molecule has 0 spiro atoms. The van der Waals surface area contributed by atoms with Crippen LogP contribution in [0.15, 0.2) is 28.2 Å². The van der Waals surface area contributed by atoms with Crippen molar-refractivity contribution in [1.29, 1.82) is 10.8 Å². The van der Waals surface area contributed by atoms with Gasteiger partial charge in [-0.05, 0) is 18.2 Å². The van der Waals surface area contributed by atoms with Crippen molar-refractivity contribution in [3.05, 3.63) is 23.8 Å². The second kappa shape index (κ2) is 3.55. The fourth-order valence-electron chi connectivity index (χ4n) is 0.933. The van der Waals surface area contributed by atoms with Crippen LogP contribution in [0.1, 0.15) is 5.56 Å². The summed E-state index contributed by atoms with van der Waals surface area (Å²) >= 11 is 0. The molecule has 1 rings (SSSR count). The van der Waals surface area contributed by atoms with E-state index in [0.717, 1.165) is 6.26 Å². The number of nitriles is 1. The molecule has 0 atom stereocenters. The lowest BCUT2D eigenvalue weighted by atomic mass is 10.2. The molecule has 6 heteroatoms. The van der Waals surface area contributed by atoms with Crippen LogP contribution in [0.25, 0.3) is 0 Å². The SMILES string of the molecule is CS(=O)(=O)c1ccc(N=N)c(C#N)c1. The van der Waals surface area contributed by atoms with Crippen LogP contribution in [0.5, 0.6) is 0 Å². The predicted octanol–water partition coefficient (Wildman–Crippen LogP) is 1.62. The van der Waals surface area contributed by atoms with Gasteiger partial charge in [-0.15, -0.1) is 0 Å². The highest BCUT2D eigenvalue weighted by atomic mass is 32.2. The molecule has 0 aromatic heterocycles. The van der Waals surface area contributed by atoms with Gasteiger partial charge in [0.15, 0.2) is 9.84 Å². The maximum Gasteiger partial charge on any atom is 0.175 e. The highest BCUT2D eigenvalue weighted by Gasteiger charge is 2.10. The Labute approximate surface area is 81.4 Å². The molecule has 1 N–H and O–H groups in total. The van der Waals surface area contributed by atoms with Gasteiger partial charge in [0.1, 0.15) is 11.8 Å². The summed E-state index contributed by atoms with van der Waals surface area (Å²) < 4.78 is 22.2. The first-order valence-corrected chi connectivity index (χ1v) is 5.50. The molecule has 0 amide bonds. The van der Waals surface area contributed by atoms with Crippen LogP contribution in [0.3, 0.4) is 0 Å². The maximum absolute atomic E-state index is 11.1. The quantitative estimate of drug-likeness (QED) is 0.750. The highest BCUT2D eigenvalue weighted by molar-refractivity contribution is 7.90. The van der Waals surface area contributed by atoms with Crippen LogP contribution in [-0.2, 0) is 9.84 Å². The number of sulfone groups is 1. The number of nitrogens with one attached hydrogen (secondary N) is 1. The third-order valence-corrected chi connectivity index (χ3v) is 2.75. The standard InChI is InChI=1S/C8H7N3O2S/c1-14(12,13)7-2-3-8(11-10)6(4-7)5-9/h2-4,10H,1H3. The minimum Gasteiger partial charge on any atom is -0.224 e. The Morgan fingerprint density at radius 2 is 2.14 bits per heavy atom. The average molecular weight is 209 g/mol. The molecule has 0 fully saturated rings. The van der Waals surface area contributed by atoms with Gasteiger partial charge in [0.05, 0.1) is 10.5 Å². The summed E-state index contributed by atoms with van der Waals surface area (Å²) in [6.45, 7) is 0. The van der Waals surface area contributed by atoms with E-state index in [2.05, 4.69) is 5.11 Å². The van der Waals surface area contributed by atoms with Crippen molar-refractivity contribution in [2.24, 2.45) is 5.11 Å². The zero-order valence-electron chi connectivity index (χ0n) is 7.35. The van der Waals surface area contributed by atoms with Crippen LogP contribution in [0, 0.1) is 16.9 Å². The minimum atomic E-state index is -3.31. The Kier molecular flexibility index (Phi) is 2.63. The normalized spacial score (nSPS) is 10.6. The molecular formula is C8H7N3O2S. The van der Waals surface area contributed by atoms with Gasteiger partial charge in [-0.1, -0.05) is 0 Å². The van der Waals surface area contributed by atoms with Crippen molar-refractivity contribution in [1.82, 2.24) is 0 Å². The molecule has 5 nitrogen and oxygen atoms in total. The van der Waals surface area contributed by atoms with Gasteiger partial charge >= 0.3 is 0 Å². The molecule has 0 saturated heterocycles. The summed E-state index contributed by atoms with van der Waals surface area (Å²) in [7, 11) is -3.31. The Balaban J connectivity index is 3.45. The number of rotatable bonds is 2. The second-order valence-corrected chi connectivity index (χ2v) is 4.69. The highest BCUT2D eigenvalue weighted by Crippen LogP contribution is 2.21. The number of nitrogens with zero attached hydrogens (tertiary/aromatic N) is 2. The molecule has 72 valence electrons. The molecule has 1 aromatic rings. The van der Waals surface area contributed by atoms with Gasteiger partial charge in [-0.2, -0.15) is 10.4 Å². The Hall–Kier alpha value is -1.74.